The minimum Gasteiger partial charge on any atom is -0.349 e. The highest BCUT2D eigenvalue weighted by Crippen LogP contribution is 2.18. The summed E-state index contributed by atoms with van der Waals surface area (Å²) >= 11 is 1.67. The summed E-state index contributed by atoms with van der Waals surface area (Å²) in [5.74, 6) is 0.137. The third-order valence-corrected chi connectivity index (χ3v) is 3.51. The van der Waals surface area contributed by atoms with Crippen molar-refractivity contribution in [1.29, 1.82) is 0 Å². The second-order valence-electron chi connectivity index (χ2n) is 3.90. The Balaban J connectivity index is 2.19. The molecule has 1 atom stereocenters. The lowest BCUT2D eigenvalue weighted by Gasteiger charge is -2.11. The zero-order chi connectivity index (χ0) is 11.8. The van der Waals surface area contributed by atoms with Crippen LogP contribution >= 0.6 is 11.3 Å². The molecule has 0 fully saturated rings. The molecule has 0 saturated heterocycles. The molecule has 1 aromatic heterocycles. The summed E-state index contributed by atoms with van der Waals surface area (Å²) in [6, 6.07) is 4.18. The lowest BCUT2D eigenvalue weighted by Crippen LogP contribution is -2.25. The second kappa shape index (κ2) is 7.41. The van der Waals surface area contributed by atoms with Crippen molar-refractivity contribution in [2.45, 2.75) is 38.6 Å². The molecule has 0 aromatic carbocycles. The van der Waals surface area contributed by atoms with E-state index in [2.05, 4.69) is 5.32 Å². The summed E-state index contributed by atoms with van der Waals surface area (Å²) < 4.78 is 0. The van der Waals surface area contributed by atoms with Gasteiger partial charge >= 0.3 is 0 Å². The predicted molar refractivity (Wildman–Crippen MR) is 68.4 cm³/mol. The zero-order valence-electron chi connectivity index (χ0n) is 9.74. The van der Waals surface area contributed by atoms with Crippen molar-refractivity contribution in [2.24, 2.45) is 5.73 Å². The number of carbonyl (C=O) groups excluding carboxylic acids is 1. The van der Waals surface area contributed by atoms with E-state index in [9.17, 15) is 4.79 Å². The van der Waals surface area contributed by atoms with Crippen LogP contribution < -0.4 is 11.1 Å². The summed E-state index contributed by atoms with van der Waals surface area (Å²) in [5, 5.41) is 5.03. The molecule has 3 nitrogen and oxygen atoms in total. The van der Waals surface area contributed by atoms with Gasteiger partial charge in [0.05, 0.1) is 6.04 Å². The molecule has 0 aliphatic heterocycles. The van der Waals surface area contributed by atoms with E-state index in [-0.39, 0.29) is 11.9 Å². The van der Waals surface area contributed by atoms with Crippen LogP contribution in [0.25, 0.3) is 0 Å². The Morgan fingerprint density at radius 1 is 1.50 bits per heavy atom. The first-order valence-corrected chi connectivity index (χ1v) is 6.65. The maximum absolute atomic E-state index is 11.6. The Labute approximate surface area is 101 Å². The Morgan fingerprint density at radius 3 is 2.94 bits per heavy atom. The molecule has 3 N–H and O–H groups in total. The Morgan fingerprint density at radius 2 is 2.31 bits per heavy atom. The molecule has 0 unspecified atom stereocenters. The SMILES string of the molecule is C[C@H](NC(=O)CCCCCN)c1cccs1. The van der Waals surface area contributed by atoms with E-state index in [0.29, 0.717) is 13.0 Å². The van der Waals surface area contributed by atoms with Crippen molar-refractivity contribution in [3.8, 4) is 0 Å². The lowest BCUT2D eigenvalue weighted by atomic mass is 10.2. The average molecular weight is 240 g/mol. The number of nitrogens with two attached hydrogens (primary N) is 1. The molecule has 0 aliphatic rings. The van der Waals surface area contributed by atoms with E-state index in [0.717, 1.165) is 19.3 Å². The van der Waals surface area contributed by atoms with Crippen LogP contribution in [0.2, 0.25) is 0 Å². The van der Waals surface area contributed by atoms with Crippen LogP contribution in [0, 0.1) is 0 Å². The van der Waals surface area contributed by atoms with E-state index in [1.165, 1.54) is 4.88 Å². The van der Waals surface area contributed by atoms with Crippen molar-refractivity contribution in [2.75, 3.05) is 6.54 Å². The summed E-state index contributed by atoms with van der Waals surface area (Å²) in [6.07, 6.45) is 3.58. The number of thiophene rings is 1. The van der Waals surface area contributed by atoms with Gasteiger partial charge in [0.15, 0.2) is 0 Å². The molecule has 0 radical (unpaired) electrons. The van der Waals surface area contributed by atoms with Gasteiger partial charge in [-0.3, -0.25) is 4.79 Å². The maximum Gasteiger partial charge on any atom is 0.220 e. The highest BCUT2D eigenvalue weighted by atomic mass is 32.1. The topological polar surface area (TPSA) is 55.1 Å². The molecule has 1 amide bonds. The van der Waals surface area contributed by atoms with Crippen LogP contribution in [0.1, 0.15) is 43.5 Å². The number of unbranched alkanes of at least 4 members (excludes halogenated alkanes) is 2. The van der Waals surface area contributed by atoms with Gasteiger partial charge in [-0.1, -0.05) is 12.5 Å². The fourth-order valence-electron chi connectivity index (χ4n) is 1.53. The molecular formula is C12H20N2OS. The zero-order valence-corrected chi connectivity index (χ0v) is 10.6. The summed E-state index contributed by atoms with van der Waals surface area (Å²) in [5.41, 5.74) is 5.39. The average Bonchev–Trinajstić information content (AvgIpc) is 2.77. The molecule has 4 heteroatoms. The first kappa shape index (κ1) is 13.2. The van der Waals surface area contributed by atoms with Gasteiger partial charge in [0.25, 0.3) is 0 Å². The van der Waals surface area contributed by atoms with Gasteiger partial charge in [-0.05, 0) is 37.8 Å². The number of rotatable bonds is 7. The van der Waals surface area contributed by atoms with Gasteiger partial charge in [0.2, 0.25) is 5.91 Å². The Hall–Kier alpha value is -0.870. The number of hydrogen-bond acceptors (Lipinski definition) is 3. The molecule has 90 valence electrons. The van der Waals surface area contributed by atoms with Gasteiger partial charge in [-0.2, -0.15) is 0 Å². The van der Waals surface area contributed by atoms with Crippen LogP contribution in [0.15, 0.2) is 17.5 Å². The van der Waals surface area contributed by atoms with Crippen molar-refractivity contribution in [3.05, 3.63) is 22.4 Å². The molecular weight excluding hydrogens is 220 g/mol. The molecule has 0 saturated carbocycles. The Bertz CT molecular complexity index is 298. The van der Waals surface area contributed by atoms with E-state index in [1.54, 1.807) is 11.3 Å². The number of nitrogens with one attached hydrogen (secondary N) is 1. The molecule has 0 aliphatic carbocycles. The molecule has 1 heterocycles. The normalized spacial score (nSPS) is 12.4. The van der Waals surface area contributed by atoms with Gasteiger partial charge in [-0.15, -0.1) is 11.3 Å². The van der Waals surface area contributed by atoms with Crippen molar-refractivity contribution in [3.63, 3.8) is 0 Å². The quantitative estimate of drug-likeness (QED) is 0.719. The largest absolute Gasteiger partial charge is 0.349 e. The van der Waals surface area contributed by atoms with Gasteiger partial charge in [0.1, 0.15) is 0 Å². The monoisotopic (exact) mass is 240 g/mol. The fraction of sp³-hybridized carbons (Fsp3) is 0.583. The van der Waals surface area contributed by atoms with Crippen molar-refractivity contribution >= 4 is 17.2 Å². The minimum absolute atomic E-state index is 0.127. The van der Waals surface area contributed by atoms with Crippen LogP contribution in [0.5, 0.6) is 0 Å². The van der Waals surface area contributed by atoms with Crippen molar-refractivity contribution < 1.29 is 4.79 Å². The molecule has 16 heavy (non-hydrogen) atoms. The molecule has 1 rings (SSSR count). The first-order valence-electron chi connectivity index (χ1n) is 5.77. The van der Waals surface area contributed by atoms with Crippen LogP contribution in [0.4, 0.5) is 0 Å². The molecule has 0 bridgehead atoms. The van der Waals surface area contributed by atoms with Gasteiger partial charge in [0, 0.05) is 11.3 Å². The van der Waals surface area contributed by atoms with Crippen LogP contribution in [-0.2, 0) is 4.79 Å². The highest BCUT2D eigenvalue weighted by molar-refractivity contribution is 7.10. The van der Waals surface area contributed by atoms with Gasteiger partial charge in [-0.25, -0.2) is 0 Å². The van der Waals surface area contributed by atoms with E-state index >= 15 is 0 Å². The van der Waals surface area contributed by atoms with Crippen LogP contribution in [-0.4, -0.2) is 12.5 Å². The van der Waals surface area contributed by atoms with E-state index < -0.39 is 0 Å². The summed E-state index contributed by atoms with van der Waals surface area (Å²) in [7, 11) is 0. The number of amides is 1. The fourth-order valence-corrected chi connectivity index (χ4v) is 2.26. The van der Waals surface area contributed by atoms with Crippen LogP contribution in [0.3, 0.4) is 0 Å². The maximum atomic E-state index is 11.6. The standard InChI is InChI=1S/C12H20N2OS/c1-10(11-6-5-9-16-11)14-12(15)7-3-2-4-8-13/h5-6,9-10H,2-4,7-8,13H2,1H3,(H,14,15)/t10-/m0/s1. The van der Waals surface area contributed by atoms with E-state index in [4.69, 9.17) is 5.73 Å². The highest BCUT2D eigenvalue weighted by Gasteiger charge is 2.09. The molecule has 1 aromatic rings. The minimum atomic E-state index is 0.127. The third-order valence-electron chi connectivity index (χ3n) is 2.46. The Kier molecular flexibility index (Phi) is 6.11. The van der Waals surface area contributed by atoms with E-state index in [1.807, 2.05) is 24.4 Å². The number of carbonyl (C=O) groups is 1. The third kappa shape index (κ3) is 4.77. The number of hydrogen-bond donors (Lipinski definition) is 2. The smallest absolute Gasteiger partial charge is 0.220 e. The van der Waals surface area contributed by atoms with Crippen molar-refractivity contribution in [1.82, 2.24) is 5.32 Å². The first-order chi connectivity index (χ1) is 7.74. The molecule has 0 spiro atoms. The lowest BCUT2D eigenvalue weighted by molar-refractivity contribution is -0.121. The summed E-state index contributed by atoms with van der Waals surface area (Å²) in [4.78, 5) is 12.8. The summed E-state index contributed by atoms with van der Waals surface area (Å²) in [6.45, 7) is 2.73. The predicted octanol–water partition coefficient (Wildman–Crippen LogP) is 2.44. The van der Waals surface area contributed by atoms with Gasteiger partial charge < -0.3 is 11.1 Å². The second-order valence-corrected chi connectivity index (χ2v) is 4.88.